The molecule has 2 aliphatic rings. The summed E-state index contributed by atoms with van der Waals surface area (Å²) in [6.07, 6.45) is 5.94. The standard InChI is InChI=1S/C13H19NO3/c1-3-6-14-12(15)10-8-4-5-9(7-8)11(10)13(16)17-2/h4-5,8-11H,3,6-7H2,1-2H3,(H,14,15)/t8-,9+,10-,11+/m0/s1. The number of allylic oxidation sites excluding steroid dienone is 2. The number of hydrogen-bond acceptors (Lipinski definition) is 3. The van der Waals surface area contributed by atoms with Crippen LogP contribution in [0.5, 0.6) is 0 Å². The lowest BCUT2D eigenvalue weighted by Crippen LogP contribution is -2.40. The number of carbonyl (C=O) groups excluding carboxylic acids is 2. The number of carbonyl (C=O) groups is 2. The van der Waals surface area contributed by atoms with Gasteiger partial charge in [0.25, 0.3) is 0 Å². The second-order valence-corrected chi connectivity index (χ2v) is 4.81. The number of ether oxygens (including phenoxy) is 1. The van der Waals surface area contributed by atoms with Gasteiger partial charge in [0.2, 0.25) is 5.91 Å². The third-order valence-electron chi connectivity index (χ3n) is 3.78. The Hall–Kier alpha value is -1.32. The van der Waals surface area contributed by atoms with Gasteiger partial charge in [-0.1, -0.05) is 19.1 Å². The molecule has 1 fully saturated rings. The molecule has 0 radical (unpaired) electrons. The van der Waals surface area contributed by atoms with Crippen molar-refractivity contribution >= 4 is 11.9 Å². The van der Waals surface area contributed by atoms with Crippen molar-refractivity contribution in [1.29, 1.82) is 0 Å². The molecule has 0 aromatic rings. The molecule has 0 saturated heterocycles. The molecular weight excluding hydrogens is 218 g/mol. The second kappa shape index (κ2) is 4.90. The van der Waals surface area contributed by atoms with E-state index in [0.717, 1.165) is 12.8 Å². The Morgan fingerprint density at radius 2 is 1.94 bits per heavy atom. The first kappa shape index (κ1) is 12.1. The number of amides is 1. The largest absolute Gasteiger partial charge is 0.469 e. The van der Waals surface area contributed by atoms with Crippen LogP contribution in [-0.2, 0) is 14.3 Å². The van der Waals surface area contributed by atoms with Gasteiger partial charge in [-0.05, 0) is 24.7 Å². The van der Waals surface area contributed by atoms with Crippen LogP contribution in [-0.4, -0.2) is 25.5 Å². The quantitative estimate of drug-likeness (QED) is 0.589. The fraction of sp³-hybridized carbons (Fsp3) is 0.692. The summed E-state index contributed by atoms with van der Waals surface area (Å²) in [5.74, 6) is -0.376. The highest BCUT2D eigenvalue weighted by atomic mass is 16.5. The molecule has 1 saturated carbocycles. The van der Waals surface area contributed by atoms with Gasteiger partial charge in [-0.3, -0.25) is 9.59 Å². The van der Waals surface area contributed by atoms with Gasteiger partial charge in [-0.25, -0.2) is 0 Å². The smallest absolute Gasteiger partial charge is 0.310 e. The van der Waals surface area contributed by atoms with Crippen molar-refractivity contribution in [2.24, 2.45) is 23.7 Å². The number of nitrogens with one attached hydrogen (secondary N) is 1. The molecule has 4 nitrogen and oxygen atoms in total. The predicted molar refractivity (Wildman–Crippen MR) is 63.0 cm³/mol. The lowest BCUT2D eigenvalue weighted by Gasteiger charge is -2.24. The van der Waals surface area contributed by atoms with E-state index in [2.05, 4.69) is 17.5 Å². The van der Waals surface area contributed by atoms with Crippen LogP contribution in [0.4, 0.5) is 0 Å². The van der Waals surface area contributed by atoms with Crippen molar-refractivity contribution in [2.45, 2.75) is 19.8 Å². The predicted octanol–water partition coefficient (Wildman–Crippen LogP) is 1.12. The van der Waals surface area contributed by atoms with Crippen molar-refractivity contribution in [3.63, 3.8) is 0 Å². The fourth-order valence-corrected chi connectivity index (χ4v) is 3.00. The maximum absolute atomic E-state index is 12.1. The van der Waals surface area contributed by atoms with Crippen LogP contribution in [0.3, 0.4) is 0 Å². The van der Waals surface area contributed by atoms with Crippen LogP contribution < -0.4 is 5.32 Å². The normalized spacial score (nSPS) is 33.8. The van der Waals surface area contributed by atoms with E-state index in [0.29, 0.717) is 6.54 Å². The zero-order chi connectivity index (χ0) is 12.4. The number of fused-ring (bicyclic) bond motifs is 2. The molecule has 2 aliphatic carbocycles. The summed E-state index contributed by atoms with van der Waals surface area (Å²) in [7, 11) is 1.39. The van der Waals surface area contributed by atoms with E-state index in [4.69, 9.17) is 4.74 Å². The third kappa shape index (κ3) is 2.08. The zero-order valence-corrected chi connectivity index (χ0v) is 10.3. The summed E-state index contributed by atoms with van der Waals surface area (Å²) in [5, 5.41) is 2.89. The van der Waals surface area contributed by atoms with Crippen LogP contribution in [0.2, 0.25) is 0 Å². The summed E-state index contributed by atoms with van der Waals surface area (Å²) in [6.45, 7) is 2.68. The first-order valence-corrected chi connectivity index (χ1v) is 6.23. The average Bonchev–Trinajstić information content (AvgIpc) is 2.94. The summed E-state index contributed by atoms with van der Waals surface area (Å²) < 4.78 is 4.82. The van der Waals surface area contributed by atoms with Crippen LogP contribution in [0.1, 0.15) is 19.8 Å². The highest BCUT2D eigenvalue weighted by molar-refractivity contribution is 5.87. The molecule has 0 aromatic heterocycles. The van der Waals surface area contributed by atoms with Crippen molar-refractivity contribution in [3.8, 4) is 0 Å². The first-order chi connectivity index (χ1) is 8.19. The minimum absolute atomic E-state index is 0.000833. The molecular formula is C13H19NO3. The van der Waals surface area contributed by atoms with Gasteiger partial charge >= 0.3 is 5.97 Å². The van der Waals surface area contributed by atoms with Crippen LogP contribution in [0.15, 0.2) is 12.2 Å². The van der Waals surface area contributed by atoms with E-state index in [9.17, 15) is 9.59 Å². The molecule has 0 aromatic carbocycles. The van der Waals surface area contributed by atoms with E-state index in [1.165, 1.54) is 7.11 Å². The first-order valence-electron chi connectivity index (χ1n) is 6.23. The Kier molecular flexibility index (Phi) is 3.50. The van der Waals surface area contributed by atoms with Crippen LogP contribution in [0.25, 0.3) is 0 Å². The van der Waals surface area contributed by atoms with Crippen LogP contribution >= 0.6 is 0 Å². The van der Waals surface area contributed by atoms with E-state index in [-0.39, 0.29) is 35.5 Å². The topological polar surface area (TPSA) is 55.4 Å². The second-order valence-electron chi connectivity index (χ2n) is 4.81. The maximum Gasteiger partial charge on any atom is 0.310 e. The Morgan fingerprint density at radius 3 is 2.53 bits per heavy atom. The zero-order valence-electron chi connectivity index (χ0n) is 10.3. The molecule has 1 N–H and O–H groups in total. The molecule has 4 atom stereocenters. The minimum Gasteiger partial charge on any atom is -0.469 e. The van der Waals surface area contributed by atoms with Crippen molar-refractivity contribution in [1.82, 2.24) is 5.32 Å². The molecule has 4 heteroatoms. The maximum atomic E-state index is 12.1. The number of rotatable bonds is 4. The SMILES string of the molecule is CCCNC(=O)[C@@H]1[C@H](C(=O)OC)[C@@H]2C=C[C@H]1C2. The number of esters is 1. The Morgan fingerprint density at radius 1 is 1.29 bits per heavy atom. The lowest BCUT2D eigenvalue weighted by molar-refractivity contribution is -0.151. The summed E-state index contributed by atoms with van der Waals surface area (Å²) >= 11 is 0. The molecule has 2 bridgehead atoms. The molecule has 94 valence electrons. The van der Waals surface area contributed by atoms with Gasteiger partial charge in [0.15, 0.2) is 0 Å². The Balaban J connectivity index is 2.11. The van der Waals surface area contributed by atoms with Gasteiger partial charge in [0.1, 0.15) is 0 Å². The molecule has 0 unspecified atom stereocenters. The molecule has 2 rings (SSSR count). The van der Waals surface area contributed by atoms with Gasteiger partial charge in [0.05, 0.1) is 18.9 Å². The van der Waals surface area contributed by atoms with Crippen molar-refractivity contribution < 1.29 is 14.3 Å². The molecule has 17 heavy (non-hydrogen) atoms. The monoisotopic (exact) mass is 237 g/mol. The highest BCUT2D eigenvalue weighted by Crippen LogP contribution is 2.48. The average molecular weight is 237 g/mol. The Bertz CT molecular complexity index is 351. The molecule has 0 heterocycles. The minimum atomic E-state index is -0.285. The summed E-state index contributed by atoms with van der Waals surface area (Å²) in [4.78, 5) is 23.8. The Labute approximate surface area is 101 Å². The third-order valence-corrected chi connectivity index (χ3v) is 3.78. The van der Waals surface area contributed by atoms with Crippen molar-refractivity contribution in [2.75, 3.05) is 13.7 Å². The summed E-state index contributed by atoms with van der Waals surface area (Å²) in [6, 6.07) is 0. The number of hydrogen-bond donors (Lipinski definition) is 1. The van der Waals surface area contributed by atoms with Crippen LogP contribution in [0, 0.1) is 23.7 Å². The fourth-order valence-electron chi connectivity index (χ4n) is 3.00. The van der Waals surface area contributed by atoms with Crippen molar-refractivity contribution in [3.05, 3.63) is 12.2 Å². The van der Waals surface area contributed by atoms with E-state index < -0.39 is 0 Å². The van der Waals surface area contributed by atoms with Gasteiger partial charge in [0, 0.05) is 6.54 Å². The molecule has 0 aliphatic heterocycles. The van der Waals surface area contributed by atoms with Gasteiger partial charge in [-0.2, -0.15) is 0 Å². The molecule has 0 spiro atoms. The lowest BCUT2D eigenvalue weighted by atomic mass is 9.82. The van der Waals surface area contributed by atoms with Gasteiger partial charge in [-0.15, -0.1) is 0 Å². The number of methoxy groups -OCH3 is 1. The van der Waals surface area contributed by atoms with E-state index in [1.54, 1.807) is 0 Å². The van der Waals surface area contributed by atoms with E-state index in [1.807, 2.05) is 6.92 Å². The summed E-state index contributed by atoms with van der Waals surface area (Å²) in [5.41, 5.74) is 0. The van der Waals surface area contributed by atoms with Gasteiger partial charge < -0.3 is 10.1 Å². The van der Waals surface area contributed by atoms with E-state index >= 15 is 0 Å². The highest BCUT2D eigenvalue weighted by Gasteiger charge is 2.51. The molecule has 1 amide bonds.